The molecule has 0 spiro atoms. The molecule has 0 aliphatic heterocycles. The Morgan fingerprint density at radius 1 is 0.938 bits per heavy atom. The molecule has 16 heavy (non-hydrogen) atoms. The number of hydrogen-bond acceptors (Lipinski definition) is 3. The zero-order valence-corrected chi connectivity index (χ0v) is 11.8. The molecule has 5 nitrogen and oxygen atoms in total. The third-order valence-corrected chi connectivity index (χ3v) is 1.99. The van der Waals surface area contributed by atoms with Crippen molar-refractivity contribution in [3.8, 4) is 0 Å². The molecule has 0 rings (SSSR count). The third kappa shape index (κ3) is 14.3. The zero-order valence-electron chi connectivity index (χ0n) is 9.89. The molecule has 0 N–H and O–H groups in total. The molecule has 2 atom stereocenters. The normalized spacial score (nSPS) is 13.8. The second-order valence-electron chi connectivity index (χ2n) is 3.32. The first-order chi connectivity index (χ1) is 7.70. The third-order valence-electron chi connectivity index (χ3n) is 1.99. The van der Waals surface area contributed by atoms with E-state index in [-0.39, 0.29) is 0 Å². The predicted molar refractivity (Wildman–Crippen MR) is 55.0 cm³/mol. The van der Waals surface area contributed by atoms with E-state index in [2.05, 4.69) is 10.6 Å². The van der Waals surface area contributed by atoms with Crippen molar-refractivity contribution in [2.75, 3.05) is 26.2 Å². The molecule has 0 bridgehead atoms. The maximum atomic E-state index is 10.9. The van der Waals surface area contributed by atoms with Gasteiger partial charge in [0.2, 0.25) is 0 Å². The number of nitrogens with zero attached hydrogens (tertiary/aromatic N) is 2. The molecule has 0 aromatic rings. The Bertz CT molecular complexity index is 127. The molecule has 0 fully saturated rings. The van der Waals surface area contributed by atoms with E-state index in [1.165, 1.54) is 0 Å². The van der Waals surface area contributed by atoms with E-state index in [1.807, 2.05) is 13.8 Å². The van der Waals surface area contributed by atoms with Gasteiger partial charge in [0.1, 0.15) is 0 Å². The standard InChI is InChI=1S/C10H20N2O2.O.Tc/c1-3-9(13)7-11-5-6-12-8-10(14)4-2;;/h9-10H,3-8H2,1-2H3;;/q-4;;/i;;1+1. The fourth-order valence-electron chi connectivity index (χ4n) is 0.870. The molecular weight excluding hydrogens is 295 g/mol. The van der Waals surface area contributed by atoms with Gasteiger partial charge in [-0.3, -0.25) is 0 Å². The van der Waals surface area contributed by atoms with Gasteiger partial charge in [0.15, 0.2) is 0 Å². The molecule has 6 heteroatoms. The number of rotatable bonds is 9. The fourth-order valence-corrected chi connectivity index (χ4v) is 0.870. The zero-order chi connectivity index (χ0) is 12.8. The molecule has 0 heterocycles. The summed E-state index contributed by atoms with van der Waals surface area (Å²) in [5, 5.41) is 29.9. The van der Waals surface area contributed by atoms with Crippen molar-refractivity contribution in [3.05, 3.63) is 10.6 Å². The monoisotopic (exact) mass is 315 g/mol. The van der Waals surface area contributed by atoms with Crippen molar-refractivity contribution in [1.29, 1.82) is 0 Å². The van der Waals surface area contributed by atoms with E-state index in [0.29, 0.717) is 39.0 Å². The molecular formula is C10H20N2O3Tc-4. The summed E-state index contributed by atoms with van der Waals surface area (Å²) in [6.07, 6.45) is 0.105. The van der Waals surface area contributed by atoms with Crippen LogP contribution in [0.2, 0.25) is 0 Å². The quantitative estimate of drug-likeness (QED) is 0.556. The van der Waals surface area contributed by atoms with Crippen LogP contribution in [-0.2, 0) is 22.4 Å². The molecule has 2 unspecified atom stereocenters. The SMILES string of the molecule is CCC([O-])C[N-]CC[N-]CC([O-])CC.[O]=[99Tc]. The summed E-state index contributed by atoms with van der Waals surface area (Å²) in [5.74, 6) is 0. The van der Waals surface area contributed by atoms with Gasteiger partial charge in [-0.1, -0.05) is 26.7 Å². The van der Waals surface area contributed by atoms with Gasteiger partial charge in [-0.15, -0.1) is 12.2 Å². The van der Waals surface area contributed by atoms with E-state index in [0.717, 1.165) is 18.9 Å². The Kier molecular flexibility index (Phi) is 17.8. The minimum absolute atomic E-state index is 0.376. The van der Waals surface area contributed by atoms with Gasteiger partial charge in [0.05, 0.1) is 0 Å². The molecule has 0 aromatic heterocycles. The summed E-state index contributed by atoms with van der Waals surface area (Å²) < 4.78 is 8.22. The van der Waals surface area contributed by atoms with Gasteiger partial charge in [-0.2, -0.15) is 26.2 Å². The molecule has 0 amide bonds. The summed E-state index contributed by atoms with van der Waals surface area (Å²) in [7, 11) is 0. The second-order valence-corrected chi connectivity index (χ2v) is 3.32. The summed E-state index contributed by atoms with van der Waals surface area (Å²) in [5.41, 5.74) is 0. The van der Waals surface area contributed by atoms with Crippen LogP contribution in [0.25, 0.3) is 10.6 Å². The van der Waals surface area contributed by atoms with Gasteiger partial charge in [0, 0.05) is 0 Å². The number of hydrogen-bond donors (Lipinski definition) is 0. The first kappa shape index (κ1) is 18.6. The molecule has 99 valence electrons. The molecule has 0 radical (unpaired) electrons. The van der Waals surface area contributed by atoms with Crippen LogP contribution in [0.1, 0.15) is 26.7 Å². The molecule has 0 aromatic carbocycles. The summed E-state index contributed by atoms with van der Waals surface area (Å²) >= 11 is 0.900. The van der Waals surface area contributed by atoms with Gasteiger partial charge < -0.3 is 20.8 Å². The summed E-state index contributed by atoms with van der Waals surface area (Å²) in [6, 6.07) is 0. The van der Waals surface area contributed by atoms with Crippen LogP contribution in [0.15, 0.2) is 0 Å². The average Bonchev–Trinajstić information content (AvgIpc) is 2.35. The van der Waals surface area contributed by atoms with Crippen LogP contribution in [-0.4, -0.2) is 38.4 Å². The Balaban J connectivity index is 0. The van der Waals surface area contributed by atoms with Crippen LogP contribution in [0.5, 0.6) is 0 Å². The first-order valence-corrected chi connectivity index (χ1v) is 6.20. The first-order valence-electron chi connectivity index (χ1n) is 5.44. The van der Waals surface area contributed by atoms with E-state index >= 15 is 0 Å². The van der Waals surface area contributed by atoms with E-state index in [9.17, 15) is 10.2 Å². The van der Waals surface area contributed by atoms with Gasteiger partial charge in [-0.25, -0.2) is 0 Å². The Morgan fingerprint density at radius 2 is 1.25 bits per heavy atom. The van der Waals surface area contributed by atoms with Crippen molar-refractivity contribution in [1.82, 2.24) is 0 Å². The molecule has 0 aliphatic rings. The fraction of sp³-hybridized carbons (Fsp3) is 1.00. The van der Waals surface area contributed by atoms with E-state index in [4.69, 9.17) is 3.50 Å². The van der Waals surface area contributed by atoms with E-state index in [1.54, 1.807) is 0 Å². The van der Waals surface area contributed by atoms with Gasteiger partial charge in [-0.05, 0) is 0 Å². The van der Waals surface area contributed by atoms with Crippen LogP contribution >= 0.6 is 0 Å². The van der Waals surface area contributed by atoms with Crippen molar-refractivity contribution in [2.45, 2.75) is 38.9 Å². The van der Waals surface area contributed by atoms with Crippen molar-refractivity contribution in [3.63, 3.8) is 0 Å². The van der Waals surface area contributed by atoms with Crippen molar-refractivity contribution >= 4 is 0 Å². The van der Waals surface area contributed by atoms with Crippen LogP contribution < -0.4 is 10.2 Å². The topological polar surface area (TPSA) is 91.4 Å². The van der Waals surface area contributed by atoms with Crippen molar-refractivity contribution < 1.29 is 32.6 Å². The molecule has 0 saturated heterocycles. The Labute approximate surface area is 108 Å². The van der Waals surface area contributed by atoms with Gasteiger partial charge in [0.25, 0.3) is 0 Å². The van der Waals surface area contributed by atoms with Crippen LogP contribution in [0, 0.1) is 0 Å². The Hall–Kier alpha value is 0.289. The summed E-state index contributed by atoms with van der Waals surface area (Å²) in [6.45, 7) is 5.63. The molecule has 0 saturated carbocycles. The molecule has 0 aliphatic carbocycles. The summed E-state index contributed by atoms with van der Waals surface area (Å²) in [4.78, 5) is 0. The predicted octanol–water partition coefficient (Wildman–Crippen LogP) is -0.110. The van der Waals surface area contributed by atoms with Gasteiger partial charge >= 0.3 is 22.4 Å². The van der Waals surface area contributed by atoms with Crippen molar-refractivity contribution in [2.24, 2.45) is 0 Å². The minimum atomic E-state index is -0.571. The average molecular weight is 315 g/mol. The second kappa shape index (κ2) is 15.3. The van der Waals surface area contributed by atoms with Crippen LogP contribution in [0.3, 0.4) is 0 Å². The Morgan fingerprint density at radius 3 is 1.50 bits per heavy atom. The maximum absolute atomic E-state index is 10.9. The van der Waals surface area contributed by atoms with E-state index < -0.39 is 12.2 Å². The van der Waals surface area contributed by atoms with Crippen LogP contribution in [0.4, 0.5) is 0 Å².